The predicted octanol–water partition coefficient (Wildman–Crippen LogP) is 2.53. The fourth-order valence-corrected chi connectivity index (χ4v) is 2.96. The molecule has 1 aromatic carbocycles. The second-order valence-corrected chi connectivity index (χ2v) is 5.99. The molecule has 0 N–H and O–H groups in total. The Balaban J connectivity index is 2.10. The first-order valence-corrected chi connectivity index (χ1v) is 8.01. The highest BCUT2D eigenvalue weighted by atomic mass is 16.5. The maximum atomic E-state index is 12.8. The minimum atomic E-state index is -0.694. The molecule has 3 rings (SSSR count). The summed E-state index contributed by atoms with van der Waals surface area (Å²) in [4.78, 5) is 28.9. The van der Waals surface area contributed by atoms with Gasteiger partial charge in [0.05, 0.1) is 13.2 Å². The summed E-state index contributed by atoms with van der Waals surface area (Å²) >= 11 is 0. The Hall–Kier alpha value is -2.96. The average molecular weight is 341 g/mol. The molecule has 0 aliphatic rings. The molecule has 0 spiro atoms. The summed E-state index contributed by atoms with van der Waals surface area (Å²) in [5.41, 5.74) is 3.92. The summed E-state index contributed by atoms with van der Waals surface area (Å²) in [5.74, 6) is -0.694. The standard InChI is InChI=1S/C18H19N3O4/c1-5-24-18(23)15-14-16(25-20-15)19-9-21(17(14)22)8-13-11(3)6-10(2)7-12(13)4/h6-7,9H,5,8H2,1-4H3. The van der Waals surface area contributed by atoms with Crippen LogP contribution in [0.4, 0.5) is 0 Å². The molecule has 0 bridgehead atoms. The van der Waals surface area contributed by atoms with Gasteiger partial charge in [0.15, 0.2) is 0 Å². The van der Waals surface area contributed by atoms with Crippen LogP contribution in [0.15, 0.2) is 27.8 Å². The van der Waals surface area contributed by atoms with Gasteiger partial charge in [0, 0.05) is 0 Å². The third-order valence-electron chi connectivity index (χ3n) is 4.10. The molecule has 0 atom stereocenters. The van der Waals surface area contributed by atoms with Gasteiger partial charge in [-0.3, -0.25) is 9.36 Å². The first kappa shape index (κ1) is 16.9. The van der Waals surface area contributed by atoms with E-state index < -0.39 is 5.97 Å². The van der Waals surface area contributed by atoms with E-state index in [9.17, 15) is 9.59 Å². The molecule has 7 heteroatoms. The Morgan fingerprint density at radius 3 is 2.56 bits per heavy atom. The van der Waals surface area contributed by atoms with E-state index >= 15 is 0 Å². The summed E-state index contributed by atoms with van der Waals surface area (Å²) in [5, 5.41) is 3.69. The van der Waals surface area contributed by atoms with Crippen molar-refractivity contribution < 1.29 is 14.1 Å². The highest BCUT2D eigenvalue weighted by Crippen LogP contribution is 2.18. The SMILES string of the molecule is CCOC(=O)c1noc2ncn(Cc3c(C)cc(C)cc3C)c(=O)c12. The van der Waals surface area contributed by atoms with Gasteiger partial charge in [0.25, 0.3) is 11.3 Å². The molecule has 2 aromatic heterocycles. The van der Waals surface area contributed by atoms with Crippen molar-refractivity contribution in [2.75, 3.05) is 6.61 Å². The van der Waals surface area contributed by atoms with Crippen LogP contribution in [0.1, 0.15) is 39.7 Å². The van der Waals surface area contributed by atoms with Crippen molar-refractivity contribution in [2.24, 2.45) is 0 Å². The van der Waals surface area contributed by atoms with Crippen molar-refractivity contribution in [3.63, 3.8) is 0 Å². The molecule has 0 saturated carbocycles. The van der Waals surface area contributed by atoms with Gasteiger partial charge in [-0.1, -0.05) is 22.9 Å². The zero-order chi connectivity index (χ0) is 18.1. The number of aryl methyl sites for hydroxylation is 3. The normalized spacial score (nSPS) is 11.0. The van der Waals surface area contributed by atoms with Crippen molar-refractivity contribution in [3.8, 4) is 0 Å². The molecule has 0 saturated heterocycles. The van der Waals surface area contributed by atoms with E-state index in [-0.39, 0.29) is 29.0 Å². The first-order valence-electron chi connectivity index (χ1n) is 8.01. The zero-order valence-electron chi connectivity index (χ0n) is 14.6. The van der Waals surface area contributed by atoms with Gasteiger partial charge in [-0.05, 0) is 44.4 Å². The number of fused-ring (bicyclic) bond motifs is 1. The van der Waals surface area contributed by atoms with Crippen LogP contribution in [0.2, 0.25) is 0 Å². The Morgan fingerprint density at radius 2 is 1.92 bits per heavy atom. The van der Waals surface area contributed by atoms with Gasteiger partial charge in [-0.2, -0.15) is 0 Å². The third-order valence-corrected chi connectivity index (χ3v) is 4.10. The van der Waals surface area contributed by atoms with Crippen LogP contribution >= 0.6 is 0 Å². The minimum Gasteiger partial charge on any atom is -0.461 e. The number of rotatable bonds is 4. The Kier molecular flexibility index (Phi) is 4.39. The van der Waals surface area contributed by atoms with Crippen LogP contribution < -0.4 is 5.56 Å². The largest absolute Gasteiger partial charge is 0.461 e. The number of hydrogen-bond acceptors (Lipinski definition) is 6. The smallest absolute Gasteiger partial charge is 0.361 e. The zero-order valence-corrected chi connectivity index (χ0v) is 14.6. The van der Waals surface area contributed by atoms with Crippen LogP contribution in [-0.4, -0.2) is 27.3 Å². The fourth-order valence-electron chi connectivity index (χ4n) is 2.96. The molecule has 0 aliphatic heterocycles. The van der Waals surface area contributed by atoms with E-state index in [1.165, 1.54) is 16.5 Å². The van der Waals surface area contributed by atoms with E-state index in [0.29, 0.717) is 6.54 Å². The van der Waals surface area contributed by atoms with Crippen molar-refractivity contribution in [1.82, 2.24) is 14.7 Å². The number of ether oxygens (including phenoxy) is 1. The van der Waals surface area contributed by atoms with Gasteiger partial charge in [0.2, 0.25) is 5.69 Å². The van der Waals surface area contributed by atoms with E-state index in [1.807, 2.05) is 20.8 Å². The molecule has 0 fully saturated rings. The van der Waals surface area contributed by atoms with E-state index in [0.717, 1.165) is 16.7 Å². The lowest BCUT2D eigenvalue weighted by Gasteiger charge is -2.12. The number of nitrogens with zero attached hydrogens (tertiary/aromatic N) is 3. The molecule has 2 heterocycles. The quantitative estimate of drug-likeness (QED) is 0.678. The van der Waals surface area contributed by atoms with Crippen LogP contribution in [0, 0.1) is 20.8 Å². The maximum absolute atomic E-state index is 12.8. The molecular weight excluding hydrogens is 322 g/mol. The van der Waals surface area contributed by atoms with E-state index in [1.54, 1.807) is 6.92 Å². The lowest BCUT2D eigenvalue weighted by Crippen LogP contribution is -2.23. The molecular formula is C18H19N3O4. The van der Waals surface area contributed by atoms with Gasteiger partial charge >= 0.3 is 5.97 Å². The summed E-state index contributed by atoms with van der Waals surface area (Å²) in [7, 11) is 0. The highest BCUT2D eigenvalue weighted by Gasteiger charge is 2.22. The van der Waals surface area contributed by atoms with Gasteiger partial charge in [-0.25, -0.2) is 9.78 Å². The second-order valence-electron chi connectivity index (χ2n) is 5.99. The average Bonchev–Trinajstić information content (AvgIpc) is 2.98. The number of benzene rings is 1. The summed E-state index contributed by atoms with van der Waals surface area (Å²) < 4.78 is 11.4. The highest BCUT2D eigenvalue weighted by molar-refractivity contribution is 5.99. The molecule has 3 aromatic rings. The lowest BCUT2D eigenvalue weighted by molar-refractivity contribution is 0.0516. The van der Waals surface area contributed by atoms with Crippen LogP contribution in [-0.2, 0) is 11.3 Å². The number of carbonyl (C=O) groups excluding carboxylic acids is 1. The van der Waals surface area contributed by atoms with Crippen molar-refractivity contribution in [3.05, 3.63) is 56.8 Å². The topological polar surface area (TPSA) is 87.2 Å². The third kappa shape index (κ3) is 3.05. The van der Waals surface area contributed by atoms with Gasteiger partial charge in [0.1, 0.15) is 11.7 Å². The maximum Gasteiger partial charge on any atom is 0.361 e. The predicted molar refractivity (Wildman–Crippen MR) is 91.8 cm³/mol. The molecule has 130 valence electrons. The summed E-state index contributed by atoms with van der Waals surface area (Å²) in [6.07, 6.45) is 1.41. The van der Waals surface area contributed by atoms with Gasteiger partial charge < -0.3 is 9.26 Å². The molecule has 0 aliphatic carbocycles. The van der Waals surface area contributed by atoms with Crippen LogP contribution in [0.5, 0.6) is 0 Å². The fraction of sp³-hybridized carbons (Fsp3) is 0.333. The first-order chi connectivity index (χ1) is 11.9. The number of carbonyl (C=O) groups is 1. The Bertz CT molecular complexity index is 994. The summed E-state index contributed by atoms with van der Waals surface area (Å²) in [6, 6.07) is 4.14. The van der Waals surface area contributed by atoms with Crippen molar-refractivity contribution >= 4 is 17.1 Å². The molecule has 7 nitrogen and oxygen atoms in total. The molecule has 0 unspecified atom stereocenters. The van der Waals surface area contributed by atoms with E-state index in [2.05, 4.69) is 22.3 Å². The molecule has 0 radical (unpaired) electrons. The Morgan fingerprint density at radius 1 is 1.24 bits per heavy atom. The van der Waals surface area contributed by atoms with Crippen molar-refractivity contribution in [1.29, 1.82) is 0 Å². The van der Waals surface area contributed by atoms with Gasteiger partial charge in [-0.15, -0.1) is 0 Å². The van der Waals surface area contributed by atoms with Crippen molar-refractivity contribution in [2.45, 2.75) is 34.2 Å². The number of esters is 1. The van der Waals surface area contributed by atoms with E-state index in [4.69, 9.17) is 9.26 Å². The monoisotopic (exact) mass is 341 g/mol. The minimum absolute atomic E-state index is 0.0293. The van der Waals surface area contributed by atoms with Crippen LogP contribution in [0.25, 0.3) is 11.1 Å². The second kappa shape index (κ2) is 6.51. The Labute approximate surface area is 144 Å². The molecule has 25 heavy (non-hydrogen) atoms. The number of hydrogen-bond donors (Lipinski definition) is 0. The molecule has 0 amide bonds. The lowest BCUT2D eigenvalue weighted by atomic mass is 10.00. The summed E-state index contributed by atoms with van der Waals surface area (Å²) in [6.45, 7) is 8.27. The van der Waals surface area contributed by atoms with Crippen LogP contribution in [0.3, 0.4) is 0 Å². The number of aromatic nitrogens is 3.